The van der Waals surface area contributed by atoms with Gasteiger partial charge in [-0.3, -0.25) is 9.48 Å². The summed E-state index contributed by atoms with van der Waals surface area (Å²) in [5.74, 6) is -0.0366. The summed E-state index contributed by atoms with van der Waals surface area (Å²) in [5.41, 5.74) is 3.48. The molecule has 8 nitrogen and oxygen atoms in total. The Bertz CT molecular complexity index is 893. The summed E-state index contributed by atoms with van der Waals surface area (Å²) in [4.78, 5) is 26.3. The summed E-state index contributed by atoms with van der Waals surface area (Å²) < 4.78 is 6.93. The number of carbonyl (C=O) groups is 2. The second kappa shape index (κ2) is 8.65. The molecule has 2 amide bonds. The quantitative estimate of drug-likeness (QED) is 0.804. The Morgan fingerprint density at radius 1 is 1.34 bits per heavy atom. The van der Waals surface area contributed by atoms with E-state index in [2.05, 4.69) is 10.4 Å². The van der Waals surface area contributed by atoms with E-state index in [0.29, 0.717) is 13.0 Å². The number of rotatable bonds is 5. The average Bonchev–Trinajstić information content (AvgIpc) is 3.09. The molecule has 2 aromatic rings. The predicted molar refractivity (Wildman–Crippen MR) is 109 cm³/mol. The Labute approximate surface area is 170 Å². The molecule has 0 saturated carbocycles. The number of aliphatic hydroxyl groups excluding tert-OH is 1. The van der Waals surface area contributed by atoms with Gasteiger partial charge in [0, 0.05) is 30.4 Å². The van der Waals surface area contributed by atoms with Gasteiger partial charge < -0.3 is 20.1 Å². The molecule has 0 radical (unpaired) electrons. The van der Waals surface area contributed by atoms with Crippen molar-refractivity contribution in [1.82, 2.24) is 15.1 Å². The number of fused-ring (bicyclic) bond motifs is 1. The Balaban J connectivity index is 1.98. The first-order valence-corrected chi connectivity index (χ1v) is 9.84. The fourth-order valence-corrected chi connectivity index (χ4v) is 3.79. The second-order valence-corrected chi connectivity index (χ2v) is 7.61. The number of benzene rings is 1. The first-order valence-electron chi connectivity index (χ1n) is 9.84. The van der Waals surface area contributed by atoms with Crippen LogP contribution in [0, 0.1) is 0 Å². The molecule has 1 aromatic heterocycles. The molecule has 156 valence electrons. The first kappa shape index (κ1) is 20.9. The summed E-state index contributed by atoms with van der Waals surface area (Å²) in [5, 5.41) is 16.3. The fourth-order valence-electron chi connectivity index (χ4n) is 3.79. The smallest absolute Gasteiger partial charge is 0.407 e. The third-order valence-electron chi connectivity index (χ3n) is 4.95. The van der Waals surface area contributed by atoms with E-state index >= 15 is 0 Å². The number of ether oxygens (including phenoxy) is 1. The molecule has 0 saturated heterocycles. The highest BCUT2D eigenvalue weighted by atomic mass is 16.6. The van der Waals surface area contributed by atoms with Crippen LogP contribution in [-0.2, 0) is 16.1 Å². The largest absolute Gasteiger partial charge is 0.447 e. The maximum atomic E-state index is 12.3. The molecule has 1 aliphatic heterocycles. The van der Waals surface area contributed by atoms with Crippen LogP contribution in [0.4, 0.5) is 10.5 Å². The summed E-state index contributed by atoms with van der Waals surface area (Å²) in [6.45, 7) is 7.56. The van der Waals surface area contributed by atoms with Crippen LogP contribution >= 0.6 is 0 Å². The zero-order valence-electron chi connectivity index (χ0n) is 17.3. The minimum atomic E-state index is -0.472. The molecule has 29 heavy (non-hydrogen) atoms. The molecule has 2 heterocycles. The molecular weight excluding hydrogens is 372 g/mol. The van der Waals surface area contributed by atoms with Gasteiger partial charge in [0.15, 0.2) is 0 Å². The maximum Gasteiger partial charge on any atom is 0.407 e. The highest BCUT2D eigenvalue weighted by Gasteiger charge is 2.33. The van der Waals surface area contributed by atoms with Crippen molar-refractivity contribution in [1.29, 1.82) is 0 Å². The molecule has 3 rings (SSSR count). The van der Waals surface area contributed by atoms with Crippen molar-refractivity contribution in [2.45, 2.75) is 58.8 Å². The van der Waals surface area contributed by atoms with Crippen molar-refractivity contribution < 1.29 is 19.4 Å². The van der Waals surface area contributed by atoms with E-state index in [1.54, 1.807) is 36.5 Å². The zero-order valence-corrected chi connectivity index (χ0v) is 17.3. The van der Waals surface area contributed by atoms with Gasteiger partial charge in [0.25, 0.3) is 0 Å². The maximum absolute atomic E-state index is 12.3. The number of hydrogen-bond donors (Lipinski definition) is 2. The summed E-state index contributed by atoms with van der Waals surface area (Å²) in [7, 11) is 0. The summed E-state index contributed by atoms with van der Waals surface area (Å²) in [6, 6.07) is 5.51. The second-order valence-electron chi connectivity index (χ2n) is 7.61. The highest BCUT2D eigenvalue weighted by Crippen LogP contribution is 2.39. The van der Waals surface area contributed by atoms with Crippen molar-refractivity contribution in [2.75, 3.05) is 11.5 Å². The van der Waals surface area contributed by atoms with E-state index < -0.39 is 6.09 Å². The lowest BCUT2D eigenvalue weighted by Gasteiger charge is -2.39. The van der Waals surface area contributed by atoms with Crippen LogP contribution in [0.5, 0.6) is 0 Å². The van der Waals surface area contributed by atoms with E-state index in [1.165, 1.54) is 0 Å². The van der Waals surface area contributed by atoms with Gasteiger partial charge in [-0.2, -0.15) is 5.10 Å². The van der Waals surface area contributed by atoms with Crippen molar-refractivity contribution in [2.24, 2.45) is 0 Å². The standard InChI is InChI=1S/C21H28N4O4/c1-13(2)29-21(28)23-19-9-14(3)25(15(4)27)20-6-5-16(10-18(19)20)17-11-22-24(12-17)7-8-26/h5-6,10-14,19,26H,7-9H2,1-4H3,(H,23,28). The molecule has 8 heteroatoms. The van der Waals surface area contributed by atoms with Crippen LogP contribution in [-0.4, -0.2) is 45.6 Å². The summed E-state index contributed by atoms with van der Waals surface area (Å²) in [6.07, 6.45) is 3.50. The molecular formula is C21H28N4O4. The SMILES string of the molecule is CC(=O)N1c2ccc(-c3cnn(CCO)c3)cc2C(NC(=O)OC(C)C)CC1C. The molecule has 0 aliphatic carbocycles. The summed E-state index contributed by atoms with van der Waals surface area (Å²) >= 11 is 0. The lowest BCUT2D eigenvalue weighted by atomic mass is 9.89. The van der Waals surface area contributed by atoms with Crippen LogP contribution in [0.2, 0.25) is 0 Å². The number of nitrogens with one attached hydrogen (secondary N) is 1. The Morgan fingerprint density at radius 3 is 2.76 bits per heavy atom. The predicted octanol–water partition coefficient (Wildman–Crippen LogP) is 2.86. The van der Waals surface area contributed by atoms with E-state index in [9.17, 15) is 9.59 Å². The normalized spacial score (nSPS) is 18.5. The minimum Gasteiger partial charge on any atom is -0.447 e. The number of nitrogens with zero attached hydrogens (tertiary/aromatic N) is 3. The Hall–Kier alpha value is -2.87. The molecule has 0 bridgehead atoms. The number of alkyl carbamates (subject to hydrolysis) is 1. The number of carbonyl (C=O) groups excluding carboxylic acids is 2. The van der Waals surface area contributed by atoms with E-state index in [4.69, 9.17) is 9.84 Å². The zero-order chi connectivity index (χ0) is 21.1. The van der Waals surface area contributed by atoms with Crippen LogP contribution in [0.15, 0.2) is 30.6 Å². The van der Waals surface area contributed by atoms with Crippen molar-refractivity contribution >= 4 is 17.7 Å². The van der Waals surface area contributed by atoms with Crippen LogP contribution in [0.25, 0.3) is 11.1 Å². The molecule has 1 aromatic carbocycles. The van der Waals surface area contributed by atoms with Gasteiger partial charge in [0.2, 0.25) is 5.91 Å². The van der Waals surface area contributed by atoms with Gasteiger partial charge in [-0.05, 0) is 50.5 Å². The molecule has 2 atom stereocenters. The topological polar surface area (TPSA) is 96.7 Å². The number of amides is 2. The number of aromatic nitrogens is 2. The fraction of sp³-hybridized carbons (Fsp3) is 0.476. The van der Waals surface area contributed by atoms with E-state index in [-0.39, 0.29) is 30.7 Å². The highest BCUT2D eigenvalue weighted by molar-refractivity contribution is 5.94. The Kier molecular flexibility index (Phi) is 6.22. The number of anilines is 1. The van der Waals surface area contributed by atoms with Gasteiger partial charge >= 0.3 is 6.09 Å². The van der Waals surface area contributed by atoms with Crippen molar-refractivity contribution in [3.05, 3.63) is 36.2 Å². The van der Waals surface area contributed by atoms with Crippen molar-refractivity contribution in [3.8, 4) is 11.1 Å². The van der Waals surface area contributed by atoms with E-state index in [0.717, 1.165) is 22.4 Å². The molecule has 0 fully saturated rings. The first-order chi connectivity index (χ1) is 13.8. The van der Waals surface area contributed by atoms with Crippen LogP contribution in [0.1, 0.15) is 45.7 Å². The Morgan fingerprint density at radius 2 is 2.10 bits per heavy atom. The number of aliphatic hydroxyl groups is 1. The van der Waals surface area contributed by atoms with Gasteiger partial charge in [0.1, 0.15) is 0 Å². The minimum absolute atomic E-state index is 0.0146. The van der Waals surface area contributed by atoms with Gasteiger partial charge in [-0.15, -0.1) is 0 Å². The molecule has 1 aliphatic rings. The van der Waals surface area contributed by atoms with Crippen LogP contribution < -0.4 is 10.2 Å². The molecule has 0 spiro atoms. The average molecular weight is 400 g/mol. The van der Waals surface area contributed by atoms with Crippen LogP contribution in [0.3, 0.4) is 0 Å². The monoisotopic (exact) mass is 400 g/mol. The molecule has 2 unspecified atom stereocenters. The lowest BCUT2D eigenvalue weighted by Crippen LogP contribution is -2.45. The number of hydrogen-bond acceptors (Lipinski definition) is 5. The van der Waals surface area contributed by atoms with E-state index in [1.807, 2.05) is 31.3 Å². The van der Waals surface area contributed by atoms with Gasteiger partial charge in [0.05, 0.1) is 31.5 Å². The van der Waals surface area contributed by atoms with Gasteiger partial charge in [-0.1, -0.05) is 6.07 Å². The third kappa shape index (κ3) is 4.59. The lowest BCUT2D eigenvalue weighted by molar-refractivity contribution is -0.117. The van der Waals surface area contributed by atoms with Gasteiger partial charge in [-0.25, -0.2) is 4.79 Å². The molecule has 2 N–H and O–H groups in total. The van der Waals surface area contributed by atoms with Crippen molar-refractivity contribution in [3.63, 3.8) is 0 Å². The third-order valence-corrected chi connectivity index (χ3v) is 4.95.